The minimum Gasteiger partial charge on any atom is -0.495 e. The number of hydrogen-bond donors (Lipinski definition) is 2. The largest absolute Gasteiger partial charge is 0.495 e. The summed E-state index contributed by atoms with van der Waals surface area (Å²) in [5, 5.41) is 8.71. The van der Waals surface area contributed by atoms with Crippen LogP contribution in [0.4, 0.5) is 5.69 Å². The van der Waals surface area contributed by atoms with Gasteiger partial charge in [0.05, 0.1) is 12.8 Å². The number of methoxy groups -OCH3 is 1. The quantitative estimate of drug-likeness (QED) is 0.911. The van der Waals surface area contributed by atoms with Crippen LogP contribution in [0, 0.1) is 0 Å². The van der Waals surface area contributed by atoms with Crippen LogP contribution in [0.25, 0.3) is 0 Å². The Morgan fingerprint density at radius 3 is 2.50 bits per heavy atom. The van der Waals surface area contributed by atoms with Gasteiger partial charge in [0.15, 0.2) is 0 Å². The van der Waals surface area contributed by atoms with E-state index in [9.17, 15) is 9.59 Å². The second-order valence-corrected chi connectivity index (χ2v) is 5.93. The second kappa shape index (κ2) is 6.01. The molecule has 2 rings (SSSR count). The van der Waals surface area contributed by atoms with E-state index in [0.29, 0.717) is 11.4 Å². The van der Waals surface area contributed by atoms with Crippen LogP contribution in [0.5, 0.6) is 5.75 Å². The van der Waals surface area contributed by atoms with Crippen molar-refractivity contribution < 1.29 is 9.53 Å². The fourth-order valence-electron chi connectivity index (χ4n) is 1.93. The number of carbonyl (C=O) groups excluding carboxylic acids is 1. The number of aromatic nitrogens is 2. The van der Waals surface area contributed by atoms with Gasteiger partial charge >= 0.3 is 0 Å². The Morgan fingerprint density at radius 1 is 1.23 bits per heavy atom. The molecule has 2 aromatic rings. The van der Waals surface area contributed by atoms with Gasteiger partial charge in [0, 0.05) is 6.07 Å². The summed E-state index contributed by atoms with van der Waals surface area (Å²) in [6.45, 7) is 6.26. The highest BCUT2D eigenvalue weighted by Crippen LogP contribution is 2.31. The minimum atomic E-state index is -0.416. The molecule has 0 bridgehead atoms. The van der Waals surface area contributed by atoms with Gasteiger partial charge in [0.2, 0.25) is 0 Å². The van der Waals surface area contributed by atoms with Gasteiger partial charge in [-0.2, -0.15) is 5.10 Å². The van der Waals surface area contributed by atoms with E-state index in [1.54, 1.807) is 7.11 Å². The summed E-state index contributed by atoms with van der Waals surface area (Å²) in [6, 6.07) is 8.28. The van der Waals surface area contributed by atoms with Gasteiger partial charge in [-0.25, -0.2) is 5.10 Å². The highest BCUT2D eigenvalue weighted by Gasteiger charge is 2.17. The summed E-state index contributed by atoms with van der Waals surface area (Å²) in [5.41, 5.74) is 1.35. The first kappa shape index (κ1) is 15.8. The van der Waals surface area contributed by atoms with Crippen LogP contribution in [0.1, 0.15) is 36.8 Å². The molecule has 0 aliphatic rings. The van der Waals surface area contributed by atoms with E-state index in [4.69, 9.17) is 4.74 Å². The second-order valence-electron chi connectivity index (χ2n) is 5.93. The number of rotatable bonds is 3. The zero-order valence-electron chi connectivity index (χ0n) is 13.1. The van der Waals surface area contributed by atoms with Crippen molar-refractivity contribution in [1.82, 2.24) is 10.2 Å². The number of benzene rings is 1. The third kappa shape index (κ3) is 3.52. The SMILES string of the molecule is COc1ccc(C(C)(C)C)cc1NC(=O)c1ccc(=O)[nH]n1. The van der Waals surface area contributed by atoms with E-state index >= 15 is 0 Å². The van der Waals surface area contributed by atoms with E-state index in [1.165, 1.54) is 12.1 Å². The van der Waals surface area contributed by atoms with Crippen molar-refractivity contribution in [2.75, 3.05) is 12.4 Å². The first-order chi connectivity index (χ1) is 10.3. The lowest BCUT2D eigenvalue weighted by Gasteiger charge is -2.21. The molecule has 1 aromatic carbocycles. The van der Waals surface area contributed by atoms with E-state index in [0.717, 1.165) is 5.56 Å². The predicted molar refractivity (Wildman–Crippen MR) is 84.5 cm³/mol. The Hall–Kier alpha value is -2.63. The van der Waals surface area contributed by atoms with Crippen molar-refractivity contribution >= 4 is 11.6 Å². The van der Waals surface area contributed by atoms with E-state index in [1.807, 2.05) is 18.2 Å². The smallest absolute Gasteiger partial charge is 0.276 e. The summed E-state index contributed by atoms with van der Waals surface area (Å²) in [6.07, 6.45) is 0. The first-order valence-electron chi connectivity index (χ1n) is 6.87. The molecule has 0 spiro atoms. The maximum atomic E-state index is 12.2. The highest BCUT2D eigenvalue weighted by molar-refractivity contribution is 6.03. The molecule has 116 valence electrons. The summed E-state index contributed by atoms with van der Waals surface area (Å²) in [4.78, 5) is 23.2. The zero-order chi connectivity index (χ0) is 16.3. The maximum Gasteiger partial charge on any atom is 0.276 e. The summed E-state index contributed by atoms with van der Waals surface area (Å²) < 4.78 is 5.28. The summed E-state index contributed by atoms with van der Waals surface area (Å²) in [5.74, 6) is 0.145. The molecule has 1 amide bonds. The van der Waals surface area contributed by atoms with Crippen molar-refractivity contribution in [2.24, 2.45) is 0 Å². The maximum absolute atomic E-state index is 12.2. The number of nitrogens with zero attached hydrogens (tertiary/aromatic N) is 1. The molecule has 0 atom stereocenters. The molecule has 0 radical (unpaired) electrons. The first-order valence-corrected chi connectivity index (χ1v) is 6.87. The van der Waals surface area contributed by atoms with Crippen molar-refractivity contribution in [3.8, 4) is 5.75 Å². The van der Waals surface area contributed by atoms with E-state index in [-0.39, 0.29) is 16.7 Å². The van der Waals surface area contributed by atoms with Crippen LogP contribution in [0.2, 0.25) is 0 Å². The Morgan fingerprint density at radius 2 is 1.95 bits per heavy atom. The number of anilines is 1. The lowest BCUT2D eigenvalue weighted by atomic mass is 9.87. The third-order valence-corrected chi connectivity index (χ3v) is 3.23. The topological polar surface area (TPSA) is 84.1 Å². The number of nitrogens with one attached hydrogen (secondary N) is 2. The average Bonchev–Trinajstić information content (AvgIpc) is 2.46. The van der Waals surface area contributed by atoms with Crippen molar-refractivity contribution in [3.05, 3.63) is 51.9 Å². The molecule has 6 heteroatoms. The normalized spacial score (nSPS) is 11.1. The van der Waals surface area contributed by atoms with Crippen molar-refractivity contribution in [1.29, 1.82) is 0 Å². The number of amides is 1. The Balaban J connectivity index is 2.33. The fourth-order valence-corrected chi connectivity index (χ4v) is 1.93. The predicted octanol–water partition coefficient (Wildman–Crippen LogP) is 2.33. The highest BCUT2D eigenvalue weighted by atomic mass is 16.5. The standard InChI is InChI=1S/C16H19N3O3/c1-16(2,3)10-5-7-13(22-4)12(9-10)17-15(21)11-6-8-14(20)19-18-11/h5-9H,1-4H3,(H,17,21)(H,19,20). The van der Waals surface area contributed by atoms with E-state index < -0.39 is 5.91 Å². The van der Waals surface area contributed by atoms with Crippen molar-refractivity contribution in [3.63, 3.8) is 0 Å². The molecule has 22 heavy (non-hydrogen) atoms. The number of ether oxygens (including phenoxy) is 1. The monoisotopic (exact) mass is 301 g/mol. The zero-order valence-corrected chi connectivity index (χ0v) is 13.1. The van der Waals surface area contributed by atoms with Gasteiger partial charge in [-0.3, -0.25) is 9.59 Å². The van der Waals surface area contributed by atoms with Crippen LogP contribution in [0.3, 0.4) is 0 Å². The van der Waals surface area contributed by atoms with Gasteiger partial charge in [-0.05, 0) is 29.2 Å². The molecule has 0 unspecified atom stereocenters. The van der Waals surface area contributed by atoms with Gasteiger partial charge in [0.25, 0.3) is 11.5 Å². The van der Waals surface area contributed by atoms with Gasteiger partial charge in [-0.15, -0.1) is 0 Å². The number of H-pyrrole nitrogens is 1. The van der Waals surface area contributed by atoms with Crippen LogP contribution in [-0.2, 0) is 5.41 Å². The molecule has 0 saturated heterocycles. The van der Waals surface area contributed by atoms with Crippen LogP contribution >= 0.6 is 0 Å². The molecule has 0 fully saturated rings. The summed E-state index contributed by atoms with van der Waals surface area (Å²) >= 11 is 0. The average molecular weight is 301 g/mol. The molecule has 6 nitrogen and oxygen atoms in total. The Labute approximate surface area is 128 Å². The van der Waals surface area contributed by atoms with E-state index in [2.05, 4.69) is 36.3 Å². The van der Waals surface area contributed by atoms with Gasteiger partial charge < -0.3 is 10.1 Å². The molecule has 2 N–H and O–H groups in total. The molecule has 0 saturated carbocycles. The molecular weight excluding hydrogens is 282 g/mol. The minimum absolute atomic E-state index is 0.0536. The van der Waals surface area contributed by atoms with Gasteiger partial charge in [-0.1, -0.05) is 26.8 Å². The molecule has 0 aliphatic heterocycles. The molecule has 1 aromatic heterocycles. The Bertz CT molecular complexity index is 725. The van der Waals surface area contributed by atoms with Crippen molar-refractivity contribution in [2.45, 2.75) is 26.2 Å². The van der Waals surface area contributed by atoms with Gasteiger partial charge in [0.1, 0.15) is 11.4 Å². The lowest BCUT2D eigenvalue weighted by Crippen LogP contribution is -2.18. The Kier molecular flexibility index (Phi) is 4.30. The van der Waals surface area contributed by atoms with Crippen LogP contribution in [-0.4, -0.2) is 23.2 Å². The van der Waals surface area contributed by atoms with Crippen LogP contribution < -0.4 is 15.6 Å². The third-order valence-electron chi connectivity index (χ3n) is 3.23. The number of carbonyl (C=O) groups is 1. The molecular formula is C16H19N3O3. The lowest BCUT2D eigenvalue weighted by molar-refractivity contribution is 0.102. The van der Waals surface area contributed by atoms with Crippen LogP contribution in [0.15, 0.2) is 35.1 Å². The molecule has 0 aliphatic carbocycles. The molecule has 1 heterocycles. The summed E-state index contributed by atoms with van der Waals surface area (Å²) in [7, 11) is 1.54. The number of aromatic amines is 1. The fraction of sp³-hybridized carbons (Fsp3) is 0.312. The number of hydrogen-bond acceptors (Lipinski definition) is 4.